The van der Waals surface area contributed by atoms with Gasteiger partial charge in [0, 0.05) is 36.6 Å². The van der Waals surface area contributed by atoms with Gasteiger partial charge in [-0.2, -0.15) is 0 Å². The molecule has 0 bridgehead atoms. The molecule has 0 aliphatic carbocycles. The summed E-state index contributed by atoms with van der Waals surface area (Å²) < 4.78 is 5.08. The van der Waals surface area contributed by atoms with Gasteiger partial charge in [-0.25, -0.2) is 0 Å². The van der Waals surface area contributed by atoms with Crippen LogP contribution in [0, 0.1) is 0 Å². The Labute approximate surface area is 292 Å². The minimum atomic E-state index is 1.18. The summed E-state index contributed by atoms with van der Waals surface area (Å²) in [7, 11) is 0. The van der Waals surface area contributed by atoms with Crippen molar-refractivity contribution in [1.29, 1.82) is 0 Å². The zero-order valence-corrected chi connectivity index (χ0v) is 27.9. The van der Waals surface area contributed by atoms with Gasteiger partial charge >= 0.3 is 0 Å². The fourth-order valence-electron chi connectivity index (χ4n) is 8.39. The molecule has 9 aromatic carbocycles. The summed E-state index contributed by atoms with van der Waals surface area (Å²) in [5.74, 6) is 0. The van der Waals surface area contributed by atoms with Crippen LogP contribution in [0.4, 0.5) is 0 Å². The summed E-state index contributed by atoms with van der Waals surface area (Å²) in [6.45, 7) is 0. The van der Waals surface area contributed by atoms with E-state index in [2.05, 4.69) is 180 Å². The van der Waals surface area contributed by atoms with Crippen LogP contribution >= 0.6 is 11.3 Å². The molecule has 50 heavy (non-hydrogen) atoms. The van der Waals surface area contributed by atoms with Crippen LogP contribution < -0.4 is 0 Å². The molecule has 232 valence electrons. The van der Waals surface area contributed by atoms with Gasteiger partial charge in [-0.05, 0) is 97.0 Å². The Morgan fingerprint density at radius 2 is 0.880 bits per heavy atom. The summed E-state index contributed by atoms with van der Waals surface area (Å²) in [5, 5.41) is 12.9. The molecule has 2 heteroatoms. The largest absolute Gasteiger partial charge is 0.309 e. The quantitative estimate of drug-likeness (QED) is 0.168. The highest BCUT2D eigenvalue weighted by Crippen LogP contribution is 2.47. The Bertz CT molecular complexity index is 3090. The third kappa shape index (κ3) is 3.94. The molecule has 0 radical (unpaired) electrons. The van der Waals surface area contributed by atoms with E-state index in [4.69, 9.17) is 0 Å². The first kappa shape index (κ1) is 27.7. The minimum Gasteiger partial charge on any atom is -0.309 e. The van der Waals surface area contributed by atoms with Crippen LogP contribution in [0.5, 0.6) is 0 Å². The predicted octanol–water partition coefficient (Wildman–Crippen LogP) is 13.9. The molecule has 11 aromatic rings. The first-order chi connectivity index (χ1) is 24.8. The molecular weight excluding hydrogens is 623 g/mol. The molecular formula is C48H29NS. The van der Waals surface area contributed by atoms with E-state index < -0.39 is 0 Å². The van der Waals surface area contributed by atoms with Crippen molar-refractivity contribution in [3.63, 3.8) is 0 Å². The van der Waals surface area contributed by atoms with E-state index in [9.17, 15) is 0 Å². The maximum Gasteiger partial charge on any atom is 0.0541 e. The van der Waals surface area contributed by atoms with Crippen molar-refractivity contribution in [3.05, 3.63) is 176 Å². The number of benzene rings is 9. The van der Waals surface area contributed by atoms with E-state index in [-0.39, 0.29) is 0 Å². The third-order valence-electron chi connectivity index (χ3n) is 10.6. The minimum absolute atomic E-state index is 1.18. The molecule has 0 aliphatic heterocycles. The summed E-state index contributed by atoms with van der Waals surface area (Å²) in [6, 6.07) is 64.9. The second-order valence-corrected chi connectivity index (χ2v) is 14.3. The van der Waals surface area contributed by atoms with E-state index in [1.165, 1.54) is 102 Å². The number of aromatic nitrogens is 1. The fourth-order valence-corrected chi connectivity index (χ4v) is 9.61. The lowest BCUT2D eigenvalue weighted by Gasteiger charge is -2.18. The Balaban J connectivity index is 1.18. The number of thiophene rings is 1. The molecule has 0 saturated heterocycles. The van der Waals surface area contributed by atoms with Gasteiger partial charge in [0.25, 0.3) is 0 Å². The van der Waals surface area contributed by atoms with Gasteiger partial charge in [0.1, 0.15) is 0 Å². The summed E-state index contributed by atoms with van der Waals surface area (Å²) in [4.78, 5) is 0. The number of para-hydroxylation sites is 2. The first-order valence-corrected chi connectivity index (χ1v) is 18.0. The molecule has 0 spiro atoms. The van der Waals surface area contributed by atoms with Gasteiger partial charge in [0.15, 0.2) is 0 Å². The number of hydrogen-bond donors (Lipinski definition) is 0. The van der Waals surface area contributed by atoms with E-state index in [1.807, 2.05) is 11.3 Å². The van der Waals surface area contributed by atoms with Crippen LogP contribution in [0.1, 0.15) is 0 Å². The van der Waals surface area contributed by atoms with Crippen LogP contribution in [-0.2, 0) is 0 Å². The number of hydrogen-bond acceptors (Lipinski definition) is 1. The van der Waals surface area contributed by atoms with Crippen molar-refractivity contribution in [2.75, 3.05) is 0 Å². The lowest BCUT2D eigenvalue weighted by atomic mass is 9.85. The standard InChI is InChI=1S/C48H29NS/c1-2-13-33(14-3-1)49-43-21-11-10-16-35(43)41-28-31(23-26-44(41)49)46-36-17-6-8-19-38(36)47(39-20-9-7-18-37(39)46)32-24-27-45-42(29-32)40-25-22-30-12-4-5-15-34(30)48(40)50-45/h1-29H. The van der Waals surface area contributed by atoms with E-state index in [0.717, 1.165) is 0 Å². The highest BCUT2D eigenvalue weighted by molar-refractivity contribution is 7.26. The van der Waals surface area contributed by atoms with Crippen LogP contribution in [0.15, 0.2) is 176 Å². The lowest BCUT2D eigenvalue weighted by Crippen LogP contribution is -1.93. The van der Waals surface area contributed by atoms with Crippen LogP contribution in [-0.4, -0.2) is 4.57 Å². The van der Waals surface area contributed by atoms with Crippen LogP contribution in [0.25, 0.3) is 102 Å². The first-order valence-electron chi connectivity index (χ1n) is 17.2. The SMILES string of the molecule is c1ccc(-n2c3ccccc3c3cc(-c4c5ccccc5c(-c5ccc6sc7c8ccccc8ccc7c6c5)c5ccccc45)ccc32)cc1. The third-order valence-corrected chi connectivity index (χ3v) is 11.8. The second kappa shape index (κ2) is 10.6. The second-order valence-electron chi connectivity index (χ2n) is 13.2. The topological polar surface area (TPSA) is 4.93 Å². The maximum atomic E-state index is 2.43. The monoisotopic (exact) mass is 651 g/mol. The normalized spacial score (nSPS) is 12.0. The van der Waals surface area contributed by atoms with Crippen molar-refractivity contribution in [1.82, 2.24) is 4.57 Å². The molecule has 0 fully saturated rings. The van der Waals surface area contributed by atoms with Crippen molar-refractivity contribution in [2.24, 2.45) is 0 Å². The highest BCUT2D eigenvalue weighted by atomic mass is 32.1. The summed E-state index contributed by atoms with van der Waals surface area (Å²) in [6.07, 6.45) is 0. The van der Waals surface area contributed by atoms with Crippen LogP contribution in [0.3, 0.4) is 0 Å². The Hall–Kier alpha value is -6.22. The van der Waals surface area contributed by atoms with Gasteiger partial charge in [-0.15, -0.1) is 11.3 Å². The maximum absolute atomic E-state index is 2.43. The number of nitrogens with zero attached hydrogens (tertiary/aromatic N) is 1. The molecule has 0 atom stereocenters. The summed E-state index contributed by atoms with van der Waals surface area (Å²) >= 11 is 1.90. The average Bonchev–Trinajstić information content (AvgIpc) is 3.72. The molecule has 1 nitrogen and oxygen atoms in total. The molecule has 0 N–H and O–H groups in total. The average molecular weight is 652 g/mol. The molecule has 11 rings (SSSR count). The van der Waals surface area contributed by atoms with Crippen molar-refractivity contribution < 1.29 is 0 Å². The van der Waals surface area contributed by atoms with Gasteiger partial charge in [0.2, 0.25) is 0 Å². The Kier molecular flexibility index (Phi) is 5.89. The van der Waals surface area contributed by atoms with E-state index in [0.29, 0.717) is 0 Å². The predicted molar refractivity (Wildman–Crippen MR) is 217 cm³/mol. The van der Waals surface area contributed by atoms with Gasteiger partial charge in [0.05, 0.1) is 11.0 Å². The molecule has 2 heterocycles. The molecule has 0 unspecified atom stereocenters. The molecule has 0 aliphatic rings. The number of rotatable bonds is 3. The smallest absolute Gasteiger partial charge is 0.0541 e. The molecule has 0 amide bonds. The molecule has 0 saturated carbocycles. The van der Waals surface area contributed by atoms with Gasteiger partial charge in [-0.1, -0.05) is 133 Å². The fraction of sp³-hybridized carbons (Fsp3) is 0. The lowest BCUT2D eigenvalue weighted by molar-refractivity contribution is 1.18. The Morgan fingerprint density at radius 1 is 0.340 bits per heavy atom. The highest BCUT2D eigenvalue weighted by Gasteiger charge is 2.19. The zero-order chi connectivity index (χ0) is 32.8. The van der Waals surface area contributed by atoms with Crippen molar-refractivity contribution >= 4 is 85.6 Å². The number of fused-ring (bicyclic) bond motifs is 10. The Morgan fingerprint density at radius 3 is 1.58 bits per heavy atom. The van der Waals surface area contributed by atoms with Gasteiger partial charge < -0.3 is 4.57 Å². The zero-order valence-electron chi connectivity index (χ0n) is 27.1. The molecule has 2 aromatic heterocycles. The summed E-state index contributed by atoms with van der Waals surface area (Å²) in [5.41, 5.74) is 8.69. The van der Waals surface area contributed by atoms with Crippen molar-refractivity contribution in [2.45, 2.75) is 0 Å². The van der Waals surface area contributed by atoms with Gasteiger partial charge in [-0.3, -0.25) is 0 Å². The van der Waals surface area contributed by atoms with E-state index in [1.54, 1.807) is 0 Å². The van der Waals surface area contributed by atoms with Crippen molar-refractivity contribution in [3.8, 4) is 27.9 Å². The van der Waals surface area contributed by atoms with Crippen LogP contribution in [0.2, 0.25) is 0 Å². The van der Waals surface area contributed by atoms with E-state index >= 15 is 0 Å².